The fourth-order valence-electron chi connectivity index (χ4n) is 2.23. The van der Waals surface area contributed by atoms with Gasteiger partial charge in [0.15, 0.2) is 0 Å². The SMILES string of the molecule is O=C(CCCc1ccc([N+](=O)[O-])cc1)Nc1ccccc1S(=O)(=O)F. The molecule has 0 aliphatic rings. The van der Waals surface area contributed by atoms with Gasteiger partial charge in [0, 0.05) is 18.6 Å². The first kappa shape index (κ1) is 18.5. The second-order valence-corrected chi connectivity index (χ2v) is 6.57. The van der Waals surface area contributed by atoms with Crippen molar-refractivity contribution in [2.45, 2.75) is 24.2 Å². The fourth-order valence-corrected chi connectivity index (χ4v) is 2.86. The van der Waals surface area contributed by atoms with Crippen LogP contribution in [0.4, 0.5) is 15.3 Å². The number of carbonyl (C=O) groups is 1. The number of benzene rings is 2. The average Bonchev–Trinajstić information content (AvgIpc) is 2.55. The molecule has 7 nitrogen and oxygen atoms in total. The maximum absolute atomic E-state index is 13.2. The van der Waals surface area contributed by atoms with Crippen molar-refractivity contribution in [1.82, 2.24) is 0 Å². The number of anilines is 1. The Morgan fingerprint density at radius 1 is 1.12 bits per heavy atom. The van der Waals surface area contributed by atoms with Crippen LogP contribution in [0.5, 0.6) is 0 Å². The maximum atomic E-state index is 13.2. The number of nitro groups is 1. The van der Waals surface area contributed by atoms with Crippen LogP contribution in [-0.2, 0) is 21.4 Å². The summed E-state index contributed by atoms with van der Waals surface area (Å²) in [4.78, 5) is 21.4. The summed E-state index contributed by atoms with van der Waals surface area (Å²) in [6.07, 6.45) is 1.07. The summed E-state index contributed by atoms with van der Waals surface area (Å²) in [7, 11) is -4.92. The van der Waals surface area contributed by atoms with Crippen LogP contribution in [-0.4, -0.2) is 19.2 Å². The van der Waals surface area contributed by atoms with Crippen LogP contribution >= 0.6 is 0 Å². The summed E-state index contributed by atoms with van der Waals surface area (Å²) in [6, 6.07) is 11.2. The van der Waals surface area contributed by atoms with E-state index < -0.39 is 25.9 Å². The first-order valence-corrected chi connectivity index (χ1v) is 8.72. The second kappa shape index (κ2) is 7.84. The highest BCUT2D eigenvalue weighted by Crippen LogP contribution is 2.23. The third-order valence-electron chi connectivity index (χ3n) is 3.44. The van der Waals surface area contributed by atoms with Crippen LogP contribution in [0, 0.1) is 10.1 Å². The minimum atomic E-state index is -4.92. The number of hydrogen-bond donors (Lipinski definition) is 1. The number of hydrogen-bond acceptors (Lipinski definition) is 5. The lowest BCUT2D eigenvalue weighted by Gasteiger charge is -2.08. The van der Waals surface area contributed by atoms with E-state index in [-0.39, 0.29) is 17.8 Å². The number of nitro benzene ring substituents is 1. The minimum Gasteiger partial charge on any atom is -0.325 e. The molecular weight excluding hydrogens is 351 g/mol. The zero-order valence-electron chi connectivity index (χ0n) is 13.0. The van der Waals surface area contributed by atoms with Crippen LogP contribution in [0.2, 0.25) is 0 Å². The summed E-state index contributed by atoms with van der Waals surface area (Å²) in [5.74, 6) is -0.446. The molecule has 1 N–H and O–H groups in total. The molecule has 0 saturated carbocycles. The minimum absolute atomic E-state index is 0.00877. The van der Waals surface area contributed by atoms with Gasteiger partial charge < -0.3 is 5.32 Å². The zero-order valence-corrected chi connectivity index (χ0v) is 13.8. The second-order valence-electron chi connectivity index (χ2n) is 5.26. The molecule has 0 atom stereocenters. The molecule has 2 rings (SSSR count). The van der Waals surface area contributed by atoms with Crippen molar-refractivity contribution in [3.63, 3.8) is 0 Å². The van der Waals surface area contributed by atoms with Crippen molar-refractivity contribution in [2.75, 3.05) is 5.32 Å². The molecule has 0 heterocycles. The summed E-state index contributed by atoms with van der Waals surface area (Å²) >= 11 is 0. The summed E-state index contributed by atoms with van der Waals surface area (Å²) in [5.41, 5.74) is 0.723. The van der Waals surface area contributed by atoms with Gasteiger partial charge in [-0.3, -0.25) is 14.9 Å². The van der Waals surface area contributed by atoms with E-state index in [1.165, 1.54) is 30.3 Å². The third-order valence-corrected chi connectivity index (χ3v) is 4.32. The Morgan fingerprint density at radius 2 is 1.76 bits per heavy atom. The van der Waals surface area contributed by atoms with Crippen LogP contribution in [0.1, 0.15) is 18.4 Å². The number of aryl methyl sites for hydroxylation is 1. The molecule has 0 aliphatic carbocycles. The molecule has 9 heteroatoms. The highest BCUT2D eigenvalue weighted by Gasteiger charge is 2.18. The van der Waals surface area contributed by atoms with Crippen molar-refractivity contribution in [3.8, 4) is 0 Å². The van der Waals surface area contributed by atoms with Gasteiger partial charge in [0.05, 0.1) is 10.6 Å². The van der Waals surface area contributed by atoms with Gasteiger partial charge in [-0.25, -0.2) is 0 Å². The molecule has 25 heavy (non-hydrogen) atoms. The van der Waals surface area contributed by atoms with Gasteiger partial charge in [-0.15, -0.1) is 3.89 Å². The Balaban J connectivity index is 1.90. The fraction of sp³-hybridized carbons (Fsp3) is 0.188. The normalized spacial score (nSPS) is 11.1. The van der Waals surface area contributed by atoms with E-state index >= 15 is 0 Å². The number of halogens is 1. The number of rotatable bonds is 7. The Morgan fingerprint density at radius 3 is 2.36 bits per heavy atom. The molecule has 2 aromatic rings. The van der Waals surface area contributed by atoms with Gasteiger partial charge >= 0.3 is 10.2 Å². The standard InChI is InChI=1S/C16H15FN2O5S/c17-25(23,24)15-6-2-1-5-14(15)18-16(20)7-3-4-12-8-10-13(11-9-12)19(21)22/h1-2,5-6,8-11H,3-4,7H2,(H,18,20). The van der Waals surface area contributed by atoms with Crippen LogP contribution in [0.15, 0.2) is 53.4 Å². The highest BCUT2D eigenvalue weighted by molar-refractivity contribution is 7.86. The summed E-state index contributed by atoms with van der Waals surface area (Å²) < 4.78 is 35.3. The van der Waals surface area contributed by atoms with E-state index in [4.69, 9.17) is 0 Å². The van der Waals surface area contributed by atoms with Crippen molar-refractivity contribution in [3.05, 3.63) is 64.2 Å². The van der Waals surface area contributed by atoms with E-state index in [1.807, 2.05) is 0 Å². The molecule has 132 valence electrons. The van der Waals surface area contributed by atoms with Gasteiger partial charge in [0.1, 0.15) is 4.90 Å². The topological polar surface area (TPSA) is 106 Å². The van der Waals surface area contributed by atoms with Gasteiger partial charge in [-0.05, 0) is 30.5 Å². The van der Waals surface area contributed by atoms with E-state index in [1.54, 1.807) is 12.1 Å². The van der Waals surface area contributed by atoms with Gasteiger partial charge in [-0.1, -0.05) is 24.3 Å². The van der Waals surface area contributed by atoms with Gasteiger partial charge in [0.2, 0.25) is 5.91 Å². The quantitative estimate of drug-likeness (QED) is 0.460. The Kier molecular flexibility index (Phi) is 5.81. The number of nitrogens with one attached hydrogen (secondary N) is 1. The predicted octanol–water partition coefficient (Wildman–Crippen LogP) is 3.21. The predicted molar refractivity (Wildman–Crippen MR) is 89.4 cm³/mol. The smallest absolute Gasteiger partial charge is 0.325 e. The van der Waals surface area contributed by atoms with Gasteiger partial charge in [0.25, 0.3) is 5.69 Å². The maximum Gasteiger partial charge on any atom is 0.334 e. The summed E-state index contributed by atoms with van der Waals surface area (Å²) in [5, 5.41) is 13.0. The van der Waals surface area contributed by atoms with Crippen LogP contribution in [0.25, 0.3) is 0 Å². The molecule has 0 bridgehead atoms. The molecule has 0 aromatic heterocycles. The van der Waals surface area contributed by atoms with Crippen LogP contribution in [0.3, 0.4) is 0 Å². The third kappa shape index (κ3) is 5.35. The molecular formula is C16H15FN2O5S. The number of non-ortho nitro benzene ring substituents is 1. The van der Waals surface area contributed by atoms with Crippen molar-refractivity contribution in [1.29, 1.82) is 0 Å². The number of carbonyl (C=O) groups excluding carboxylic acids is 1. The number of para-hydroxylation sites is 1. The average molecular weight is 366 g/mol. The molecule has 0 saturated heterocycles. The first-order valence-electron chi connectivity index (χ1n) is 7.34. The van der Waals surface area contributed by atoms with Gasteiger partial charge in [-0.2, -0.15) is 8.42 Å². The molecule has 0 spiro atoms. The largest absolute Gasteiger partial charge is 0.334 e. The molecule has 0 radical (unpaired) electrons. The molecule has 1 amide bonds. The zero-order chi connectivity index (χ0) is 18.4. The monoisotopic (exact) mass is 366 g/mol. The highest BCUT2D eigenvalue weighted by atomic mass is 32.3. The van der Waals surface area contributed by atoms with E-state index in [0.29, 0.717) is 12.8 Å². The molecule has 0 unspecified atom stereocenters. The number of nitrogens with zero attached hydrogens (tertiary/aromatic N) is 1. The van der Waals surface area contributed by atoms with E-state index in [9.17, 15) is 27.2 Å². The first-order chi connectivity index (χ1) is 11.8. The lowest BCUT2D eigenvalue weighted by Crippen LogP contribution is -2.13. The lowest BCUT2D eigenvalue weighted by atomic mass is 10.1. The number of amides is 1. The van der Waals surface area contributed by atoms with Crippen LogP contribution < -0.4 is 5.32 Å². The summed E-state index contributed by atoms with van der Waals surface area (Å²) in [6.45, 7) is 0. The lowest BCUT2D eigenvalue weighted by molar-refractivity contribution is -0.384. The van der Waals surface area contributed by atoms with Crippen molar-refractivity contribution >= 4 is 27.5 Å². The van der Waals surface area contributed by atoms with Crippen molar-refractivity contribution in [2.24, 2.45) is 0 Å². The Bertz CT molecular complexity index is 882. The van der Waals surface area contributed by atoms with E-state index in [2.05, 4.69) is 5.32 Å². The van der Waals surface area contributed by atoms with Crippen molar-refractivity contribution < 1.29 is 22.0 Å². The molecule has 2 aromatic carbocycles. The Hall–Kier alpha value is -2.81. The molecule has 0 aliphatic heterocycles. The Labute approximate surface area is 143 Å². The van der Waals surface area contributed by atoms with E-state index in [0.717, 1.165) is 11.6 Å². The molecule has 0 fully saturated rings.